The fraction of sp³-hybridized carbons (Fsp3) is 0.167. The van der Waals surface area contributed by atoms with Gasteiger partial charge in [-0.1, -0.05) is 29.8 Å². The van der Waals surface area contributed by atoms with Gasteiger partial charge in [-0.2, -0.15) is 5.10 Å². The van der Waals surface area contributed by atoms with Crippen LogP contribution in [-0.4, -0.2) is 29.5 Å². The number of halogens is 1. The molecule has 0 aromatic heterocycles. The van der Waals surface area contributed by atoms with Gasteiger partial charge in [-0.05, 0) is 31.2 Å². The Morgan fingerprint density at radius 2 is 1.89 bits per heavy atom. The average Bonchev–Trinajstić information content (AvgIpc) is 2.65. The van der Waals surface area contributed by atoms with E-state index in [2.05, 4.69) is 10.5 Å². The number of hydrazone groups is 1. The van der Waals surface area contributed by atoms with Gasteiger partial charge in [0, 0.05) is 30.1 Å². The Morgan fingerprint density at radius 1 is 1.22 bits per heavy atom. The van der Waals surface area contributed by atoms with Crippen LogP contribution in [0.1, 0.15) is 23.7 Å². The first-order valence-corrected chi connectivity index (χ1v) is 8.26. The molecular formula is C18H17ClN4O4. The van der Waals surface area contributed by atoms with Gasteiger partial charge in [0.15, 0.2) is 0 Å². The van der Waals surface area contributed by atoms with E-state index in [9.17, 15) is 19.7 Å². The van der Waals surface area contributed by atoms with Crippen molar-refractivity contribution in [3.05, 3.63) is 69.2 Å². The fourth-order valence-corrected chi connectivity index (χ4v) is 2.43. The van der Waals surface area contributed by atoms with Gasteiger partial charge in [0.2, 0.25) is 5.91 Å². The molecule has 0 aliphatic rings. The molecule has 27 heavy (non-hydrogen) atoms. The first-order valence-electron chi connectivity index (χ1n) is 7.88. The maximum absolute atomic E-state index is 12.3. The van der Waals surface area contributed by atoms with E-state index in [1.807, 2.05) is 30.3 Å². The van der Waals surface area contributed by atoms with Crippen LogP contribution in [-0.2, 0) is 4.79 Å². The third-order valence-corrected chi connectivity index (χ3v) is 3.98. The number of nitro groups is 1. The number of carbonyl (C=O) groups excluding carboxylic acids is 2. The van der Waals surface area contributed by atoms with Gasteiger partial charge in [-0.25, -0.2) is 5.43 Å². The van der Waals surface area contributed by atoms with E-state index in [0.717, 1.165) is 11.8 Å². The molecule has 1 N–H and O–H groups in total. The highest BCUT2D eigenvalue weighted by Crippen LogP contribution is 2.24. The second kappa shape index (κ2) is 8.91. The Kier molecular flexibility index (Phi) is 6.62. The molecule has 0 spiro atoms. The highest BCUT2D eigenvalue weighted by molar-refractivity contribution is 6.33. The van der Waals surface area contributed by atoms with Crippen LogP contribution in [0.25, 0.3) is 0 Å². The molecule has 8 nitrogen and oxygen atoms in total. The molecule has 0 unspecified atom stereocenters. The Bertz CT molecular complexity index is 899. The molecule has 0 bridgehead atoms. The minimum absolute atomic E-state index is 0.0205. The molecule has 0 atom stereocenters. The Labute approximate surface area is 160 Å². The third kappa shape index (κ3) is 5.35. The van der Waals surface area contributed by atoms with E-state index >= 15 is 0 Å². The number of hydrogen-bond donors (Lipinski definition) is 1. The molecule has 0 saturated heterocycles. The maximum atomic E-state index is 12.3. The lowest BCUT2D eigenvalue weighted by atomic mass is 10.2. The molecule has 2 aromatic rings. The number of carbonyl (C=O) groups is 2. The zero-order valence-corrected chi connectivity index (χ0v) is 15.4. The summed E-state index contributed by atoms with van der Waals surface area (Å²) >= 11 is 5.79. The van der Waals surface area contributed by atoms with Crippen LogP contribution in [0.2, 0.25) is 5.02 Å². The van der Waals surface area contributed by atoms with Crippen molar-refractivity contribution < 1.29 is 14.5 Å². The Morgan fingerprint density at radius 3 is 2.48 bits per heavy atom. The summed E-state index contributed by atoms with van der Waals surface area (Å²) in [6, 6.07) is 12.7. The van der Waals surface area contributed by atoms with Crippen molar-refractivity contribution in [3.8, 4) is 0 Å². The van der Waals surface area contributed by atoms with Crippen molar-refractivity contribution >= 4 is 40.5 Å². The highest BCUT2D eigenvalue weighted by atomic mass is 35.5. The molecule has 2 aromatic carbocycles. The summed E-state index contributed by atoms with van der Waals surface area (Å²) in [6.45, 7) is 1.61. The van der Waals surface area contributed by atoms with Crippen LogP contribution in [0.3, 0.4) is 0 Å². The van der Waals surface area contributed by atoms with Crippen LogP contribution < -0.4 is 10.3 Å². The number of anilines is 1. The molecular weight excluding hydrogens is 372 g/mol. The van der Waals surface area contributed by atoms with Crippen molar-refractivity contribution in [1.29, 1.82) is 0 Å². The van der Waals surface area contributed by atoms with Crippen LogP contribution in [0.4, 0.5) is 11.4 Å². The fourth-order valence-electron chi connectivity index (χ4n) is 2.18. The van der Waals surface area contributed by atoms with Gasteiger partial charge in [-0.3, -0.25) is 19.7 Å². The summed E-state index contributed by atoms with van der Waals surface area (Å²) in [4.78, 5) is 35.9. The van der Waals surface area contributed by atoms with Crippen molar-refractivity contribution in [2.75, 3.05) is 11.9 Å². The second-order valence-electron chi connectivity index (χ2n) is 5.68. The summed E-state index contributed by atoms with van der Waals surface area (Å²) in [6.07, 6.45) is 0.0205. The summed E-state index contributed by atoms with van der Waals surface area (Å²) < 4.78 is 0. The largest absolute Gasteiger partial charge is 0.315 e. The molecule has 0 aliphatic carbocycles. The van der Waals surface area contributed by atoms with Gasteiger partial charge in [0.1, 0.15) is 5.02 Å². The molecule has 2 rings (SSSR count). The van der Waals surface area contributed by atoms with Crippen molar-refractivity contribution in [2.24, 2.45) is 5.10 Å². The normalized spacial score (nSPS) is 11.0. The number of nitro benzene ring substituents is 1. The standard InChI is InChI=1S/C18H17ClN4O4/c1-12(10-17(24)22(2)14-6-4-3-5-7-14)20-21-18(25)13-8-9-16(23(26)27)15(19)11-13/h3-9,11H,10H2,1-2H3,(H,21,25)/b20-12-. The topological polar surface area (TPSA) is 105 Å². The third-order valence-electron chi connectivity index (χ3n) is 3.68. The molecule has 140 valence electrons. The molecule has 0 radical (unpaired) electrons. The van der Waals surface area contributed by atoms with Gasteiger partial charge in [0.25, 0.3) is 11.6 Å². The second-order valence-corrected chi connectivity index (χ2v) is 6.08. The number of nitrogens with one attached hydrogen (secondary N) is 1. The number of amides is 2. The number of para-hydroxylation sites is 1. The smallest absolute Gasteiger partial charge is 0.287 e. The van der Waals surface area contributed by atoms with E-state index < -0.39 is 10.8 Å². The SMILES string of the molecule is C/C(CC(=O)N(C)c1ccccc1)=N/NC(=O)c1ccc([N+](=O)[O-])c(Cl)c1. The van der Waals surface area contributed by atoms with Crippen molar-refractivity contribution in [1.82, 2.24) is 5.43 Å². The molecule has 0 heterocycles. The summed E-state index contributed by atoms with van der Waals surface area (Å²) in [7, 11) is 1.66. The van der Waals surface area contributed by atoms with Crippen LogP contribution >= 0.6 is 11.6 Å². The van der Waals surface area contributed by atoms with Gasteiger partial charge >= 0.3 is 0 Å². The number of hydrogen-bond acceptors (Lipinski definition) is 5. The Hall–Kier alpha value is -3.26. The molecule has 0 saturated carbocycles. The van der Waals surface area contributed by atoms with Crippen LogP contribution in [0, 0.1) is 10.1 Å². The summed E-state index contributed by atoms with van der Waals surface area (Å²) in [5.41, 5.74) is 3.30. The minimum atomic E-state index is -0.638. The van der Waals surface area contributed by atoms with E-state index in [1.54, 1.807) is 14.0 Å². The first-order chi connectivity index (χ1) is 12.8. The quantitative estimate of drug-likeness (QED) is 0.465. The summed E-state index contributed by atoms with van der Waals surface area (Å²) in [5.74, 6) is -0.773. The van der Waals surface area contributed by atoms with E-state index in [-0.39, 0.29) is 28.6 Å². The lowest BCUT2D eigenvalue weighted by Gasteiger charge is -2.17. The van der Waals surface area contributed by atoms with Crippen molar-refractivity contribution in [2.45, 2.75) is 13.3 Å². The van der Waals surface area contributed by atoms with Crippen molar-refractivity contribution in [3.63, 3.8) is 0 Å². The van der Waals surface area contributed by atoms with Gasteiger partial charge in [0.05, 0.1) is 11.3 Å². The monoisotopic (exact) mass is 388 g/mol. The number of rotatable bonds is 6. The van der Waals surface area contributed by atoms with Crippen LogP contribution in [0.15, 0.2) is 53.6 Å². The average molecular weight is 389 g/mol. The van der Waals surface area contributed by atoms with E-state index in [4.69, 9.17) is 11.6 Å². The van der Waals surface area contributed by atoms with E-state index in [1.165, 1.54) is 17.0 Å². The van der Waals surface area contributed by atoms with Crippen LogP contribution in [0.5, 0.6) is 0 Å². The Balaban J connectivity index is 1.98. The first kappa shape index (κ1) is 20.1. The van der Waals surface area contributed by atoms with Gasteiger partial charge < -0.3 is 4.90 Å². The molecule has 9 heteroatoms. The number of benzene rings is 2. The lowest BCUT2D eigenvalue weighted by molar-refractivity contribution is -0.384. The lowest BCUT2D eigenvalue weighted by Crippen LogP contribution is -2.28. The van der Waals surface area contributed by atoms with E-state index in [0.29, 0.717) is 5.71 Å². The van der Waals surface area contributed by atoms with Gasteiger partial charge in [-0.15, -0.1) is 0 Å². The predicted molar refractivity (Wildman–Crippen MR) is 103 cm³/mol. The highest BCUT2D eigenvalue weighted by Gasteiger charge is 2.16. The zero-order chi connectivity index (χ0) is 20.0. The molecule has 2 amide bonds. The maximum Gasteiger partial charge on any atom is 0.287 e. The zero-order valence-electron chi connectivity index (χ0n) is 14.7. The summed E-state index contributed by atoms with van der Waals surface area (Å²) in [5, 5.41) is 14.5. The molecule has 0 aliphatic heterocycles. The molecule has 0 fully saturated rings. The number of nitrogens with zero attached hydrogens (tertiary/aromatic N) is 3. The predicted octanol–water partition coefficient (Wildman–Crippen LogP) is 3.41. The minimum Gasteiger partial charge on any atom is -0.315 e.